The van der Waals surface area contributed by atoms with Gasteiger partial charge in [0.25, 0.3) is 0 Å². The molecular formula is C49H78O21. The normalized spacial score (nSPS) is 53.6. The first-order valence-corrected chi connectivity index (χ1v) is 25.1. The summed E-state index contributed by atoms with van der Waals surface area (Å²) in [6.07, 6.45) is -17.8. The summed E-state index contributed by atoms with van der Waals surface area (Å²) >= 11 is 0. The van der Waals surface area contributed by atoms with Gasteiger partial charge in [0.05, 0.1) is 37.9 Å². The summed E-state index contributed by atoms with van der Waals surface area (Å²) < 4.78 is 41.5. The zero-order valence-corrected chi connectivity index (χ0v) is 41.0. The van der Waals surface area contributed by atoms with Gasteiger partial charge >= 0.3 is 11.9 Å². The Labute approximate surface area is 407 Å². The minimum Gasteiger partial charge on any atom is -0.460 e. The maximum atomic E-state index is 14.8. The molecule has 0 aromatic rings. The zero-order valence-electron chi connectivity index (χ0n) is 41.0. The van der Waals surface area contributed by atoms with Crippen molar-refractivity contribution in [2.24, 2.45) is 44.8 Å². The fourth-order valence-corrected chi connectivity index (χ4v) is 15.3. The molecule has 4 saturated carbocycles. The molecule has 21 nitrogen and oxygen atoms in total. The van der Waals surface area contributed by atoms with Gasteiger partial charge in [-0.3, -0.25) is 9.59 Å². The van der Waals surface area contributed by atoms with Crippen molar-refractivity contribution >= 4 is 11.9 Å². The van der Waals surface area contributed by atoms with E-state index >= 15 is 0 Å². The summed E-state index contributed by atoms with van der Waals surface area (Å²) in [6.45, 7) is 9.59. The average molecular weight is 1000 g/mol. The molecule has 12 N–H and O–H groups in total. The standard InChI is InChI=1S/C49H78O21/c1-22(54)70-44(2)13-15-49(43(63)69-41-37(61)35(59)32(56)26(19-51)65-41)16-14-47(5)23(24(49)17-44)7-8-29-45(3)11-10-30(46(4,21-53)28(45)9-12-48(29,47)6)67-42-38(62)39(33(57)27(20-52)66-42)68-40-36(60)34(58)31(55)25(18-50)64-40/h7,24-42,50-53,55-62H,8-21H2,1-6H3/t24-,25+,26+,27+,28+,29+,30-,31-,32+,33+,34-,35-,36+,37+,38+,39-,40-,41+,42+,44-,45+,46-,47+,48+,49-/m0/s1. The maximum absolute atomic E-state index is 14.8. The number of hydrogen-bond donors (Lipinski definition) is 12. The molecule has 70 heavy (non-hydrogen) atoms. The van der Waals surface area contributed by atoms with Gasteiger partial charge in [0.1, 0.15) is 78.8 Å². The second-order valence-electron chi connectivity index (χ2n) is 23.2. The van der Waals surface area contributed by atoms with E-state index in [1.807, 2.05) is 13.8 Å². The van der Waals surface area contributed by atoms with E-state index in [0.717, 1.165) is 12.0 Å². The Morgan fingerprint density at radius 2 is 1.19 bits per heavy atom. The van der Waals surface area contributed by atoms with Crippen molar-refractivity contribution in [2.45, 2.75) is 210 Å². The number of esters is 2. The summed E-state index contributed by atoms with van der Waals surface area (Å²) in [4.78, 5) is 27.3. The molecule has 0 unspecified atom stereocenters. The van der Waals surface area contributed by atoms with E-state index in [1.54, 1.807) is 0 Å². The third-order valence-electron chi connectivity index (χ3n) is 19.6. The zero-order chi connectivity index (χ0) is 51.3. The summed E-state index contributed by atoms with van der Waals surface area (Å²) in [5, 5.41) is 127. The van der Waals surface area contributed by atoms with E-state index in [0.29, 0.717) is 57.8 Å². The number of ether oxygens (including phenoxy) is 7. The van der Waals surface area contributed by atoms with Gasteiger partial charge in [-0.25, -0.2) is 0 Å². The van der Waals surface area contributed by atoms with Crippen LogP contribution in [0, 0.1) is 44.8 Å². The van der Waals surface area contributed by atoms with Crippen LogP contribution in [0.25, 0.3) is 0 Å². The highest BCUT2D eigenvalue weighted by molar-refractivity contribution is 5.79. The molecule has 0 aromatic carbocycles. The predicted molar refractivity (Wildman–Crippen MR) is 238 cm³/mol. The van der Waals surface area contributed by atoms with Crippen molar-refractivity contribution in [3.63, 3.8) is 0 Å². The van der Waals surface area contributed by atoms with Crippen molar-refractivity contribution in [1.82, 2.24) is 0 Å². The number of aliphatic hydroxyl groups excluding tert-OH is 12. The van der Waals surface area contributed by atoms with E-state index in [1.165, 1.54) is 6.92 Å². The fourth-order valence-electron chi connectivity index (χ4n) is 15.3. The number of aliphatic hydroxyl groups is 12. The van der Waals surface area contributed by atoms with E-state index in [9.17, 15) is 70.9 Å². The highest BCUT2D eigenvalue weighted by atomic mass is 16.7. The topological polar surface area (TPSA) is 342 Å². The molecule has 3 saturated heterocycles. The number of rotatable bonds is 11. The molecule has 7 fully saturated rings. The predicted octanol–water partition coefficient (Wildman–Crippen LogP) is -1.59. The van der Waals surface area contributed by atoms with Gasteiger partial charge in [-0.2, -0.15) is 0 Å². The molecule has 400 valence electrons. The van der Waals surface area contributed by atoms with Crippen LogP contribution < -0.4 is 0 Å². The summed E-state index contributed by atoms with van der Waals surface area (Å²) in [6, 6.07) is 0. The molecule has 0 aromatic heterocycles. The molecule has 0 bridgehead atoms. The van der Waals surface area contributed by atoms with Gasteiger partial charge in [-0.15, -0.1) is 0 Å². The smallest absolute Gasteiger partial charge is 0.315 e. The van der Waals surface area contributed by atoms with E-state index in [2.05, 4.69) is 26.8 Å². The fraction of sp³-hybridized carbons (Fsp3) is 0.918. The SMILES string of the molecule is CC(=O)O[C@@]1(C)CC[C@]2(C(=O)O[C@H]3O[C@H](CO)[C@@H](O)[C@H](O)[C@H]3O)CC[C@]3(C)C(=CC[C@@H]4[C@]5(C)CC[C@H](O[C@H]6O[C@H](CO)[C@@H](O)[C@H](O[C@@H]7O[C@H](CO)[C@H](O)[C@H](O)[C@H]7O)[C@H]6O)[C@@](C)(CO)[C@@H]5CC[C@]43C)[C@@H]2C1. The maximum Gasteiger partial charge on any atom is 0.315 e. The van der Waals surface area contributed by atoms with Gasteiger partial charge in [0.2, 0.25) is 6.29 Å². The largest absolute Gasteiger partial charge is 0.460 e. The lowest BCUT2D eigenvalue weighted by Crippen LogP contribution is -2.68. The molecule has 0 amide bonds. The minimum atomic E-state index is -1.84. The van der Waals surface area contributed by atoms with Crippen molar-refractivity contribution in [2.75, 3.05) is 26.4 Å². The number of fused-ring (bicyclic) bond motifs is 7. The van der Waals surface area contributed by atoms with Crippen LogP contribution in [0.1, 0.15) is 106 Å². The third kappa shape index (κ3) is 8.51. The molecule has 5 aliphatic carbocycles. The van der Waals surface area contributed by atoms with Crippen LogP contribution in [0.2, 0.25) is 0 Å². The summed E-state index contributed by atoms with van der Waals surface area (Å²) in [7, 11) is 0. The van der Waals surface area contributed by atoms with E-state index in [4.69, 9.17) is 33.2 Å². The Bertz CT molecular complexity index is 1940. The number of hydrogen-bond acceptors (Lipinski definition) is 21. The number of allylic oxidation sites excluding steroid dienone is 2. The van der Waals surface area contributed by atoms with Crippen molar-refractivity contribution in [3.8, 4) is 0 Å². The molecule has 0 radical (unpaired) electrons. The van der Waals surface area contributed by atoms with E-state index in [-0.39, 0.29) is 29.3 Å². The van der Waals surface area contributed by atoms with Gasteiger partial charge in [0.15, 0.2) is 12.6 Å². The van der Waals surface area contributed by atoms with Crippen LogP contribution in [0.3, 0.4) is 0 Å². The van der Waals surface area contributed by atoms with Crippen LogP contribution in [0.15, 0.2) is 11.6 Å². The van der Waals surface area contributed by atoms with Gasteiger partial charge in [0, 0.05) is 18.3 Å². The Morgan fingerprint density at radius 1 is 0.629 bits per heavy atom. The van der Waals surface area contributed by atoms with Gasteiger partial charge in [-0.05, 0) is 99.2 Å². The van der Waals surface area contributed by atoms with Crippen LogP contribution in [-0.4, -0.2) is 203 Å². The highest BCUT2D eigenvalue weighted by Gasteiger charge is 2.71. The molecule has 3 aliphatic heterocycles. The lowest BCUT2D eigenvalue weighted by molar-refractivity contribution is -0.370. The molecule has 8 rings (SSSR count). The van der Waals surface area contributed by atoms with Crippen LogP contribution in [-0.2, 0) is 42.7 Å². The Hall–Kier alpha value is -2.00. The monoisotopic (exact) mass is 1000 g/mol. The van der Waals surface area contributed by atoms with Crippen LogP contribution >= 0.6 is 0 Å². The van der Waals surface area contributed by atoms with E-state index < -0.39 is 158 Å². The highest BCUT2D eigenvalue weighted by Crippen LogP contribution is 2.76. The Kier molecular flexibility index (Phi) is 15.2. The molecule has 3 heterocycles. The minimum absolute atomic E-state index is 0.0677. The summed E-state index contributed by atoms with van der Waals surface area (Å²) in [5.41, 5.74) is -3.10. The molecule has 8 aliphatic rings. The molecule has 25 atom stereocenters. The Balaban J connectivity index is 1.06. The average Bonchev–Trinajstić information content (AvgIpc) is 3.31. The van der Waals surface area contributed by atoms with Crippen molar-refractivity contribution in [1.29, 1.82) is 0 Å². The van der Waals surface area contributed by atoms with Crippen LogP contribution in [0.5, 0.6) is 0 Å². The third-order valence-corrected chi connectivity index (χ3v) is 19.6. The van der Waals surface area contributed by atoms with Crippen LogP contribution in [0.4, 0.5) is 0 Å². The molecular weight excluding hydrogens is 925 g/mol. The lowest BCUT2D eigenvalue weighted by atomic mass is 9.33. The summed E-state index contributed by atoms with van der Waals surface area (Å²) in [5.74, 6) is -1.61. The van der Waals surface area contributed by atoms with Gasteiger partial charge < -0.3 is 94.4 Å². The first-order chi connectivity index (χ1) is 32.8. The molecule has 0 spiro atoms. The first-order valence-electron chi connectivity index (χ1n) is 25.1. The van der Waals surface area contributed by atoms with Gasteiger partial charge in [-0.1, -0.05) is 39.3 Å². The first kappa shape index (κ1) is 54.3. The van der Waals surface area contributed by atoms with Crippen molar-refractivity contribution < 1.29 is 104 Å². The number of carbonyl (C=O) groups is 2. The lowest BCUT2D eigenvalue weighted by Gasteiger charge is -2.71. The Morgan fingerprint density at radius 3 is 1.77 bits per heavy atom. The van der Waals surface area contributed by atoms with Crippen molar-refractivity contribution in [3.05, 3.63) is 11.6 Å². The second kappa shape index (κ2) is 19.6. The second-order valence-corrected chi connectivity index (χ2v) is 23.2. The molecule has 21 heteroatoms. The number of carbonyl (C=O) groups excluding carboxylic acids is 2. The quantitative estimate of drug-likeness (QED) is 0.0631.